The van der Waals surface area contributed by atoms with E-state index in [9.17, 15) is 0 Å². The van der Waals surface area contributed by atoms with E-state index in [1.807, 2.05) is 13.0 Å². The second kappa shape index (κ2) is 7.00. The van der Waals surface area contributed by atoms with Crippen LogP contribution in [0.25, 0.3) is 0 Å². The van der Waals surface area contributed by atoms with E-state index in [1.165, 1.54) is 5.56 Å². The number of methoxy groups -OCH3 is 1. The van der Waals surface area contributed by atoms with Crippen LogP contribution >= 0.6 is 11.6 Å². The molecule has 0 fully saturated rings. The van der Waals surface area contributed by atoms with Crippen molar-refractivity contribution >= 4 is 11.6 Å². The van der Waals surface area contributed by atoms with Crippen LogP contribution in [0.3, 0.4) is 0 Å². The quantitative estimate of drug-likeness (QED) is 0.841. The zero-order chi connectivity index (χ0) is 12.8. The molecule has 0 aliphatic rings. The van der Waals surface area contributed by atoms with Gasteiger partial charge in [0.15, 0.2) is 0 Å². The summed E-state index contributed by atoms with van der Waals surface area (Å²) in [5.74, 6) is 0.552. The zero-order valence-corrected chi connectivity index (χ0v) is 11.8. The second-order valence-electron chi connectivity index (χ2n) is 4.77. The molecular weight excluding hydrogens is 234 g/mol. The third-order valence-electron chi connectivity index (χ3n) is 2.96. The maximum absolute atomic E-state index is 6.10. The maximum atomic E-state index is 6.10. The number of halogens is 1. The minimum Gasteiger partial charge on any atom is -0.383 e. The predicted molar refractivity (Wildman–Crippen MR) is 73.5 cm³/mol. The lowest BCUT2D eigenvalue weighted by Crippen LogP contribution is -2.37. The Morgan fingerprint density at radius 2 is 2.06 bits per heavy atom. The van der Waals surface area contributed by atoms with E-state index in [2.05, 4.69) is 31.3 Å². The predicted octanol–water partition coefficient (Wildman–Crippen LogP) is 3.41. The molecule has 1 aromatic carbocycles. The van der Waals surface area contributed by atoms with Crippen LogP contribution in [0.5, 0.6) is 0 Å². The first-order valence-electron chi connectivity index (χ1n) is 6.02. The van der Waals surface area contributed by atoms with Crippen LogP contribution in [0.1, 0.15) is 25.0 Å². The van der Waals surface area contributed by atoms with E-state index in [0.29, 0.717) is 12.0 Å². The Morgan fingerprint density at radius 1 is 1.35 bits per heavy atom. The van der Waals surface area contributed by atoms with Gasteiger partial charge in [0.05, 0.1) is 6.61 Å². The highest BCUT2D eigenvalue weighted by Gasteiger charge is 2.12. The first-order valence-corrected chi connectivity index (χ1v) is 6.39. The van der Waals surface area contributed by atoms with E-state index in [4.69, 9.17) is 16.3 Å². The molecule has 0 spiro atoms. The van der Waals surface area contributed by atoms with Gasteiger partial charge in [0, 0.05) is 24.7 Å². The molecule has 96 valence electrons. The molecule has 0 aliphatic carbocycles. The molecule has 3 heteroatoms. The van der Waals surface area contributed by atoms with E-state index in [0.717, 1.165) is 23.7 Å². The Morgan fingerprint density at radius 3 is 2.59 bits per heavy atom. The summed E-state index contributed by atoms with van der Waals surface area (Å²) in [5.41, 5.74) is 2.33. The molecule has 0 bridgehead atoms. The Labute approximate surface area is 109 Å². The normalized spacial score (nSPS) is 13.1. The molecule has 0 aromatic heterocycles. The number of rotatable bonds is 6. The standard InChI is InChI=1S/C14H22ClNO/c1-10(2)14(9-17-4)16-8-12-6-5-11(3)13(15)7-12/h5-7,10,14,16H,8-9H2,1-4H3. The van der Waals surface area contributed by atoms with Crippen molar-refractivity contribution in [3.63, 3.8) is 0 Å². The molecule has 17 heavy (non-hydrogen) atoms. The van der Waals surface area contributed by atoms with Crippen LogP contribution in [-0.2, 0) is 11.3 Å². The first kappa shape index (κ1) is 14.5. The molecule has 0 heterocycles. The summed E-state index contributed by atoms with van der Waals surface area (Å²) >= 11 is 6.10. The Hall–Kier alpha value is -0.570. The van der Waals surface area contributed by atoms with Crippen molar-refractivity contribution in [2.45, 2.75) is 33.4 Å². The fraction of sp³-hybridized carbons (Fsp3) is 0.571. The fourth-order valence-corrected chi connectivity index (χ4v) is 1.87. The lowest BCUT2D eigenvalue weighted by Gasteiger charge is -2.21. The Balaban J connectivity index is 2.56. The van der Waals surface area contributed by atoms with E-state index in [1.54, 1.807) is 7.11 Å². The van der Waals surface area contributed by atoms with Gasteiger partial charge in [-0.25, -0.2) is 0 Å². The van der Waals surface area contributed by atoms with Gasteiger partial charge in [0.2, 0.25) is 0 Å². The third-order valence-corrected chi connectivity index (χ3v) is 3.36. The highest BCUT2D eigenvalue weighted by atomic mass is 35.5. The largest absolute Gasteiger partial charge is 0.383 e. The van der Waals surface area contributed by atoms with Crippen molar-refractivity contribution in [2.24, 2.45) is 5.92 Å². The summed E-state index contributed by atoms with van der Waals surface area (Å²) in [7, 11) is 1.74. The summed E-state index contributed by atoms with van der Waals surface area (Å²) in [5, 5.41) is 4.33. The average Bonchev–Trinajstić information content (AvgIpc) is 2.28. The number of ether oxygens (including phenoxy) is 1. The van der Waals surface area contributed by atoms with Gasteiger partial charge in [0.1, 0.15) is 0 Å². The number of hydrogen-bond donors (Lipinski definition) is 1. The van der Waals surface area contributed by atoms with Gasteiger partial charge >= 0.3 is 0 Å². The smallest absolute Gasteiger partial charge is 0.0618 e. The number of aryl methyl sites for hydroxylation is 1. The number of nitrogens with one attached hydrogen (secondary N) is 1. The van der Waals surface area contributed by atoms with Crippen molar-refractivity contribution in [2.75, 3.05) is 13.7 Å². The summed E-state index contributed by atoms with van der Waals surface area (Å²) in [6.07, 6.45) is 0. The number of hydrogen-bond acceptors (Lipinski definition) is 2. The topological polar surface area (TPSA) is 21.3 Å². The van der Waals surface area contributed by atoms with Gasteiger partial charge < -0.3 is 10.1 Å². The molecular formula is C14H22ClNO. The van der Waals surface area contributed by atoms with Gasteiger partial charge in [-0.05, 0) is 30.0 Å². The monoisotopic (exact) mass is 255 g/mol. The summed E-state index contributed by atoms with van der Waals surface area (Å²) in [6, 6.07) is 6.56. The van der Waals surface area contributed by atoms with Crippen LogP contribution in [0.15, 0.2) is 18.2 Å². The molecule has 2 nitrogen and oxygen atoms in total. The van der Waals surface area contributed by atoms with Crippen LogP contribution in [-0.4, -0.2) is 19.8 Å². The minimum absolute atomic E-state index is 0.375. The van der Waals surface area contributed by atoms with Crippen molar-refractivity contribution in [3.8, 4) is 0 Å². The van der Waals surface area contributed by atoms with Gasteiger partial charge in [-0.3, -0.25) is 0 Å². The van der Waals surface area contributed by atoms with Crippen molar-refractivity contribution in [1.82, 2.24) is 5.32 Å². The van der Waals surface area contributed by atoms with Crippen molar-refractivity contribution < 1.29 is 4.74 Å². The molecule has 0 aliphatic heterocycles. The molecule has 0 saturated carbocycles. The Kier molecular flexibility index (Phi) is 5.96. The summed E-state index contributed by atoms with van der Waals surface area (Å²) in [4.78, 5) is 0. The molecule has 1 N–H and O–H groups in total. The zero-order valence-electron chi connectivity index (χ0n) is 11.1. The van der Waals surface area contributed by atoms with E-state index in [-0.39, 0.29) is 0 Å². The highest BCUT2D eigenvalue weighted by molar-refractivity contribution is 6.31. The number of benzene rings is 1. The molecule has 0 amide bonds. The lowest BCUT2D eigenvalue weighted by molar-refractivity contribution is 0.146. The van der Waals surface area contributed by atoms with E-state index >= 15 is 0 Å². The summed E-state index contributed by atoms with van der Waals surface area (Å²) in [6.45, 7) is 7.96. The Bertz CT molecular complexity index is 352. The van der Waals surface area contributed by atoms with Crippen LogP contribution in [0, 0.1) is 12.8 Å². The fourth-order valence-electron chi connectivity index (χ4n) is 1.66. The van der Waals surface area contributed by atoms with Gasteiger partial charge in [-0.15, -0.1) is 0 Å². The summed E-state index contributed by atoms with van der Waals surface area (Å²) < 4.78 is 5.21. The van der Waals surface area contributed by atoms with E-state index < -0.39 is 0 Å². The van der Waals surface area contributed by atoms with Crippen LogP contribution < -0.4 is 5.32 Å². The lowest BCUT2D eigenvalue weighted by atomic mass is 10.0. The van der Waals surface area contributed by atoms with Gasteiger partial charge in [-0.1, -0.05) is 37.6 Å². The molecule has 1 unspecified atom stereocenters. The first-order chi connectivity index (χ1) is 8.04. The highest BCUT2D eigenvalue weighted by Crippen LogP contribution is 2.16. The average molecular weight is 256 g/mol. The van der Waals surface area contributed by atoms with Crippen molar-refractivity contribution in [1.29, 1.82) is 0 Å². The van der Waals surface area contributed by atoms with Crippen LogP contribution in [0.2, 0.25) is 5.02 Å². The molecule has 1 atom stereocenters. The minimum atomic E-state index is 0.375. The third kappa shape index (κ3) is 4.66. The molecule has 1 rings (SSSR count). The van der Waals surface area contributed by atoms with Gasteiger partial charge in [-0.2, -0.15) is 0 Å². The maximum Gasteiger partial charge on any atom is 0.0618 e. The molecule has 0 radical (unpaired) electrons. The SMILES string of the molecule is COCC(NCc1ccc(C)c(Cl)c1)C(C)C. The second-order valence-corrected chi connectivity index (χ2v) is 5.18. The van der Waals surface area contributed by atoms with Gasteiger partial charge in [0.25, 0.3) is 0 Å². The van der Waals surface area contributed by atoms with Crippen LogP contribution in [0.4, 0.5) is 0 Å². The molecule has 1 aromatic rings. The van der Waals surface area contributed by atoms with Crippen molar-refractivity contribution in [3.05, 3.63) is 34.3 Å². The molecule has 0 saturated heterocycles.